The summed E-state index contributed by atoms with van der Waals surface area (Å²) >= 11 is 1.47. The predicted octanol–water partition coefficient (Wildman–Crippen LogP) is 3.76. The molecule has 0 unspecified atom stereocenters. The van der Waals surface area contributed by atoms with Crippen molar-refractivity contribution < 1.29 is 9.53 Å². The third-order valence-electron chi connectivity index (χ3n) is 4.79. The number of rotatable bonds is 4. The molecule has 3 aromatic heterocycles. The molecule has 7 nitrogen and oxygen atoms in total. The summed E-state index contributed by atoms with van der Waals surface area (Å²) in [6.45, 7) is 5.23. The average molecular weight is 395 g/mol. The quantitative estimate of drug-likeness (QED) is 0.669. The lowest BCUT2D eigenvalue weighted by atomic mass is 9.93. The Bertz CT molecular complexity index is 968. The van der Waals surface area contributed by atoms with Crippen LogP contribution in [0.3, 0.4) is 0 Å². The maximum Gasteiger partial charge on any atom is 0.265 e. The van der Waals surface area contributed by atoms with E-state index in [1.165, 1.54) is 11.3 Å². The van der Waals surface area contributed by atoms with Crippen molar-refractivity contribution in [1.29, 1.82) is 0 Å². The van der Waals surface area contributed by atoms with Crippen LogP contribution in [0.4, 0.5) is 0 Å². The lowest BCUT2D eigenvalue weighted by Crippen LogP contribution is -2.38. The van der Waals surface area contributed by atoms with Crippen molar-refractivity contribution in [2.45, 2.75) is 32.6 Å². The number of hydrogen-bond acceptors (Lipinski definition) is 7. The topological polar surface area (TPSA) is 81.1 Å². The molecule has 1 fully saturated rings. The van der Waals surface area contributed by atoms with Gasteiger partial charge in [0.1, 0.15) is 10.6 Å². The third kappa shape index (κ3) is 4.01. The van der Waals surface area contributed by atoms with Crippen molar-refractivity contribution in [3.63, 3.8) is 0 Å². The minimum Gasteiger partial charge on any atom is -0.436 e. The molecule has 4 heterocycles. The Labute approximate surface area is 167 Å². The Morgan fingerprint density at radius 3 is 2.64 bits per heavy atom. The van der Waals surface area contributed by atoms with Crippen molar-refractivity contribution in [3.05, 3.63) is 58.2 Å². The van der Waals surface area contributed by atoms with Gasteiger partial charge in [-0.15, -0.1) is 11.3 Å². The summed E-state index contributed by atoms with van der Waals surface area (Å²) in [4.78, 5) is 32.7. The van der Waals surface area contributed by atoms with Gasteiger partial charge < -0.3 is 9.64 Å². The standard InChI is InChI=1S/C20H21N5O2S/c1-13-19(28-14(2)23-13)20(26)25-8-5-15(6-9-25)17-11-22-12-18(24-17)27-16-4-3-7-21-10-16/h3-4,7,10-12,15H,5-6,8-9H2,1-2H3. The Hall–Kier alpha value is -2.87. The molecule has 28 heavy (non-hydrogen) atoms. The fourth-order valence-electron chi connectivity index (χ4n) is 3.39. The van der Waals surface area contributed by atoms with E-state index in [1.807, 2.05) is 30.9 Å². The smallest absolute Gasteiger partial charge is 0.265 e. The van der Waals surface area contributed by atoms with E-state index in [9.17, 15) is 4.79 Å². The largest absolute Gasteiger partial charge is 0.436 e. The second-order valence-corrected chi connectivity index (χ2v) is 7.99. The van der Waals surface area contributed by atoms with E-state index in [2.05, 4.69) is 19.9 Å². The van der Waals surface area contributed by atoms with Gasteiger partial charge >= 0.3 is 0 Å². The van der Waals surface area contributed by atoms with Gasteiger partial charge in [-0.1, -0.05) is 0 Å². The van der Waals surface area contributed by atoms with E-state index in [1.54, 1.807) is 24.8 Å². The number of nitrogens with zero attached hydrogens (tertiary/aromatic N) is 5. The fraction of sp³-hybridized carbons (Fsp3) is 0.350. The van der Waals surface area contributed by atoms with Gasteiger partial charge in [-0.05, 0) is 38.8 Å². The van der Waals surface area contributed by atoms with E-state index in [4.69, 9.17) is 4.74 Å². The number of hydrogen-bond donors (Lipinski definition) is 0. The molecule has 1 amide bonds. The van der Waals surface area contributed by atoms with Crippen molar-refractivity contribution in [1.82, 2.24) is 24.8 Å². The lowest BCUT2D eigenvalue weighted by Gasteiger charge is -2.31. The lowest BCUT2D eigenvalue weighted by molar-refractivity contribution is 0.0716. The normalized spacial score (nSPS) is 14.9. The Balaban J connectivity index is 1.40. The minimum atomic E-state index is 0.0845. The van der Waals surface area contributed by atoms with Crippen LogP contribution in [0.5, 0.6) is 11.6 Å². The third-order valence-corrected chi connectivity index (χ3v) is 5.85. The second-order valence-electron chi connectivity index (χ2n) is 6.79. The van der Waals surface area contributed by atoms with Gasteiger partial charge in [0.05, 0.1) is 28.8 Å². The maximum absolute atomic E-state index is 12.8. The first kappa shape index (κ1) is 18.5. The molecule has 1 aliphatic heterocycles. The zero-order valence-electron chi connectivity index (χ0n) is 15.8. The number of likely N-dealkylation sites (tertiary alicyclic amines) is 1. The number of thiazole rings is 1. The molecular formula is C20H21N5O2S. The highest BCUT2D eigenvalue weighted by Crippen LogP contribution is 2.30. The summed E-state index contributed by atoms with van der Waals surface area (Å²) in [5.74, 6) is 1.43. The second kappa shape index (κ2) is 8.02. The average Bonchev–Trinajstić information content (AvgIpc) is 3.06. The molecule has 1 saturated heterocycles. The van der Waals surface area contributed by atoms with E-state index >= 15 is 0 Å². The summed E-state index contributed by atoms with van der Waals surface area (Å²) in [6.07, 6.45) is 8.43. The number of aryl methyl sites for hydroxylation is 2. The Kier molecular flexibility index (Phi) is 5.29. The van der Waals surface area contributed by atoms with Crippen molar-refractivity contribution >= 4 is 17.2 Å². The van der Waals surface area contributed by atoms with Crippen molar-refractivity contribution in [3.8, 4) is 11.6 Å². The van der Waals surface area contributed by atoms with Crippen LogP contribution in [0, 0.1) is 13.8 Å². The predicted molar refractivity (Wildman–Crippen MR) is 106 cm³/mol. The van der Waals surface area contributed by atoms with Gasteiger partial charge in [0.25, 0.3) is 5.91 Å². The van der Waals surface area contributed by atoms with E-state index < -0.39 is 0 Å². The number of piperidine rings is 1. The van der Waals surface area contributed by atoms with Crippen molar-refractivity contribution in [2.75, 3.05) is 13.1 Å². The molecule has 8 heteroatoms. The molecule has 4 rings (SSSR count). The summed E-state index contributed by atoms with van der Waals surface area (Å²) in [5.41, 5.74) is 1.72. The molecule has 1 aliphatic rings. The molecule has 3 aromatic rings. The van der Waals surface area contributed by atoms with Gasteiger partial charge in [-0.25, -0.2) is 9.97 Å². The number of ether oxygens (including phenoxy) is 1. The SMILES string of the molecule is Cc1nc(C)c(C(=O)N2CCC(c3cncc(Oc4cccnc4)n3)CC2)s1. The van der Waals surface area contributed by atoms with Gasteiger partial charge in [0.2, 0.25) is 5.88 Å². The molecule has 0 radical (unpaired) electrons. The summed E-state index contributed by atoms with van der Waals surface area (Å²) in [6, 6.07) is 3.64. The maximum atomic E-state index is 12.8. The molecule has 0 N–H and O–H groups in total. The zero-order valence-corrected chi connectivity index (χ0v) is 16.6. The number of amides is 1. The highest BCUT2D eigenvalue weighted by Gasteiger charge is 2.27. The van der Waals surface area contributed by atoms with Crippen LogP contribution in [-0.2, 0) is 0 Å². The highest BCUT2D eigenvalue weighted by molar-refractivity contribution is 7.13. The van der Waals surface area contributed by atoms with Crippen LogP contribution in [0.2, 0.25) is 0 Å². The fourth-order valence-corrected chi connectivity index (χ4v) is 4.28. The molecule has 0 bridgehead atoms. The summed E-state index contributed by atoms with van der Waals surface area (Å²) in [7, 11) is 0. The Morgan fingerprint density at radius 1 is 1.14 bits per heavy atom. The molecule has 0 aliphatic carbocycles. The van der Waals surface area contributed by atoms with Gasteiger partial charge in [-0.2, -0.15) is 0 Å². The first-order valence-corrected chi connectivity index (χ1v) is 10.0. The van der Waals surface area contributed by atoms with Crippen LogP contribution >= 0.6 is 11.3 Å². The van der Waals surface area contributed by atoms with E-state index in [0.29, 0.717) is 24.7 Å². The summed E-state index contributed by atoms with van der Waals surface area (Å²) < 4.78 is 5.74. The monoisotopic (exact) mass is 395 g/mol. The molecule has 144 valence electrons. The van der Waals surface area contributed by atoms with E-state index in [0.717, 1.165) is 34.1 Å². The molecular weight excluding hydrogens is 374 g/mol. The molecule has 0 spiro atoms. The van der Waals surface area contributed by atoms with Gasteiger partial charge in [0.15, 0.2) is 0 Å². The molecule has 0 atom stereocenters. The van der Waals surface area contributed by atoms with Gasteiger partial charge in [0, 0.05) is 31.4 Å². The minimum absolute atomic E-state index is 0.0845. The number of carbonyl (C=O) groups is 1. The first-order valence-electron chi connectivity index (χ1n) is 9.23. The zero-order chi connectivity index (χ0) is 19.5. The number of aromatic nitrogens is 4. The molecule has 0 saturated carbocycles. The van der Waals surface area contributed by atoms with E-state index in [-0.39, 0.29) is 11.8 Å². The van der Waals surface area contributed by atoms with Crippen LogP contribution in [-0.4, -0.2) is 43.8 Å². The Morgan fingerprint density at radius 2 is 1.96 bits per heavy atom. The molecule has 0 aromatic carbocycles. The van der Waals surface area contributed by atoms with Crippen LogP contribution in [0.15, 0.2) is 36.9 Å². The first-order chi connectivity index (χ1) is 13.6. The van der Waals surface area contributed by atoms with Crippen molar-refractivity contribution in [2.24, 2.45) is 0 Å². The number of carbonyl (C=O) groups excluding carboxylic acids is 1. The van der Waals surface area contributed by atoms with Crippen LogP contribution < -0.4 is 4.74 Å². The van der Waals surface area contributed by atoms with Crippen LogP contribution in [0.1, 0.15) is 44.8 Å². The highest BCUT2D eigenvalue weighted by atomic mass is 32.1. The summed E-state index contributed by atoms with van der Waals surface area (Å²) in [5, 5.41) is 0.927. The van der Waals surface area contributed by atoms with Gasteiger partial charge in [-0.3, -0.25) is 14.8 Å². The van der Waals surface area contributed by atoms with Crippen LogP contribution in [0.25, 0.3) is 0 Å². The number of pyridine rings is 1.